The maximum Gasteiger partial charge on any atom is 0.236 e. The zero-order valence-corrected chi connectivity index (χ0v) is 14.3. The number of carbonyl (C=O) groups is 1. The zero-order chi connectivity index (χ0) is 16.1. The molecule has 0 unspecified atom stereocenters. The van der Waals surface area contributed by atoms with Crippen molar-refractivity contribution in [2.75, 3.05) is 39.8 Å². The summed E-state index contributed by atoms with van der Waals surface area (Å²) in [7, 11) is 1.83. The SMILES string of the molecule is CN(Cc1ccco1)C(=O)CN1CCN(Cc2cccs2)CC1. The summed E-state index contributed by atoms with van der Waals surface area (Å²) in [5.41, 5.74) is 0. The van der Waals surface area contributed by atoms with Crippen LogP contribution in [0.2, 0.25) is 0 Å². The highest BCUT2D eigenvalue weighted by Crippen LogP contribution is 2.13. The van der Waals surface area contributed by atoms with Gasteiger partial charge in [0.05, 0.1) is 19.4 Å². The minimum atomic E-state index is 0.146. The van der Waals surface area contributed by atoms with E-state index in [-0.39, 0.29) is 5.91 Å². The number of amides is 1. The van der Waals surface area contributed by atoms with Gasteiger partial charge in [0.25, 0.3) is 0 Å². The molecule has 2 aromatic rings. The molecule has 23 heavy (non-hydrogen) atoms. The molecule has 0 spiro atoms. The molecule has 5 nitrogen and oxygen atoms in total. The first-order chi connectivity index (χ1) is 11.2. The largest absolute Gasteiger partial charge is 0.467 e. The molecule has 1 fully saturated rings. The Morgan fingerprint density at radius 1 is 1.22 bits per heavy atom. The number of nitrogens with zero attached hydrogens (tertiary/aromatic N) is 3. The van der Waals surface area contributed by atoms with Crippen molar-refractivity contribution in [3.63, 3.8) is 0 Å². The van der Waals surface area contributed by atoms with Crippen LogP contribution in [0.5, 0.6) is 0 Å². The molecule has 0 aliphatic carbocycles. The van der Waals surface area contributed by atoms with E-state index in [1.54, 1.807) is 11.2 Å². The molecule has 1 aliphatic rings. The Kier molecular flexibility index (Phi) is 5.48. The van der Waals surface area contributed by atoms with Crippen LogP contribution in [0.1, 0.15) is 10.6 Å². The van der Waals surface area contributed by atoms with Gasteiger partial charge in [-0.3, -0.25) is 14.6 Å². The molecule has 2 aromatic heterocycles. The molecule has 1 amide bonds. The second-order valence-corrected chi connectivity index (χ2v) is 6.99. The standard InChI is InChI=1S/C17H23N3O2S/c1-18(12-15-4-2-10-22-15)17(21)14-20-8-6-19(7-9-20)13-16-5-3-11-23-16/h2-5,10-11H,6-9,12-14H2,1H3. The van der Waals surface area contributed by atoms with Crippen molar-refractivity contribution < 1.29 is 9.21 Å². The molecule has 3 heterocycles. The van der Waals surface area contributed by atoms with Crippen molar-refractivity contribution in [2.24, 2.45) is 0 Å². The Morgan fingerprint density at radius 2 is 2.00 bits per heavy atom. The molecule has 6 heteroatoms. The molecule has 0 aromatic carbocycles. The van der Waals surface area contributed by atoms with E-state index in [1.807, 2.05) is 30.5 Å². The van der Waals surface area contributed by atoms with Gasteiger partial charge in [-0.1, -0.05) is 6.07 Å². The van der Waals surface area contributed by atoms with Gasteiger partial charge in [0, 0.05) is 44.6 Å². The van der Waals surface area contributed by atoms with Gasteiger partial charge in [0.15, 0.2) is 0 Å². The smallest absolute Gasteiger partial charge is 0.236 e. The molecular formula is C17H23N3O2S. The number of likely N-dealkylation sites (N-methyl/N-ethyl adjacent to an activating group) is 1. The van der Waals surface area contributed by atoms with Gasteiger partial charge in [-0.2, -0.15) is 0 Å². The van der Waals surface area contributed by atoms with E-state index in [0.29, 0.717) is 13.1 Å². The molecule has 0 bridgehead atoms. The average Bonchev–Trinajstić information content (AvgIpc) is 3.23. The Bertz CT molecular complexity index is 589. The molecule has 124 valence electrons. The number of hydrogen-bond acceptors (Lipinski definition) is 5. The fraction of sp³-hybridized carbons (Fsp3) is 0.471. The molecule has 0 radical (unpaired) electrons. The zero-order valence-electron chi connectivity index (χ0n) is 13.5. The third-order valence-electron chi connectivity index (χ3n) is 4.18. The quantitative estimate of drug-likeness (QED) is 0.812. The van der Waals surface area contributed by atoms with E-state index in [0.717, 1.165) is 38.5 Å². The number of thiophene rings is 1. The number of carbonyl (C=O) groups excluding carboxylic acids is 1. The summed E-state index contributed by atoms with van der Waals surface area (Å²) in [6.45, 7) is 5.99. The lowest BCUT2D eigenvalue weighted by Gasteiger charge is -2.34. The van der Waals surface area contributed by atoms with Crippen LogP contribution in [0.3, 0.4) is 0 Å². The summed E-state index contributed by atoms with van der Waals surface area (Å²) in [4.78, 5) is 20.1. The summed E-state index contributed by atoms with van der Waals surface area (Å²) in [6, 6.07) is 8.03. The number of hydrogen-bond donors (Lipinski definition) is 0. The predicted octanol–water partition coefficient (Wildman–Crippen LogP) is 2.12. The first-order valence-electron chi connectivity index (χ1n) is 7.94. The maximum atomic E-state index is 12.3. The monoisotopic (exact) mass is 333 g/mol. The van der Waals surface area contributed by atoms with Crippen molar-refractivity contribution in [1.29, 1.82) is 0 Å². The number of furan rings is 1. The van der Waals surface area contributed by atoms with E-state index >= 15 is 0 Å². The van der Waals surface area contributed by atoms with E-state index < -0.39 is 0 Å². The van der Waals surface area contributed by atoms with Crippen LogP contribution < -0.4 is 0 Å². The highest BCUT2D eigenvalue weighted by molar-refractivity contribution is 7.09. The number of rotatable bonds is 6. The van der Waals surface area contributed by atoms with E-state index in [4.69, 9.17) is 4.42 Å². The van der Waals surface area contributed by atoms with Gasteiger partial charge in [0.2, 0.25) is 5.91 Å². The van der Waals surface area contributed by atoms with Crippen molar-refractivity contribution in [3.05, 3.63) is 46.5 Å². The van der Waals surface area contributed by atoms with E-state index in [1.165, 1.54) is 4.88 Å². The normalized spacial score (nSPS) is 16.6. The van der Waals surface area contributed by atoms with Gasteiger partial charge in [-0.05, 0) is 23.6 Å². The summed E-state index contributed by atoms with van der Waals surface area (Å²) in [5.74, 6) is 0.967. The van der Waals surface area contributed by atoms with Crippen molar-refractivity contribution in [1.82, 2.24) is 14.7 Å². The van der Waals surface area contributed by atoms with Gasteiger partial charge in [-0.25, -0.2) is 0 Å². The highest BCUT2D eigenvalue weighted by Gasteiger charge is 2.21. The topological polar surface area (TPSA) is 39.9 Å². The molecule has 0 atom stereocenters. The van der Waals surface area contributed by atoms with Crippen LogP contribution in [-0.2, 0) is 17.9 Å². The van der Waals surface area contributed by atoms with E-state index in [9.17, 15) is 4.79 Å². The second-order valence-electron chi connectivity index (χ2n) is 5.96. The molecule has 1 aliphatic heterocycles. The van der Waals surface area contributed by atoms with Crippen molar-refractivity contribution in [2.45, 2.75) is 13.1 Å². The van der Waals surface area contributed by atoms with Crippen LogP contribution in [0.15, 0.2) is 40.3 Å². The summed E-state index contributed by atoms with van der Waals surface area (Å²) in [6.07, 6.45) is 1.64. The molecule has 0 saturated carbocycles. The maximum absolute atomic E-state index is 12.3. The summed E-state index contributed by atoms with van der Waals surface area (Å²) >= 11 is 1.81. The summed E-state index contributed by atoms with van der Waals surface area (Å²) in [5, 5.41) is 2.12. The Balaban J connectivity index is 1.40. The van der Waals surface area contributed by atoms with Crippen LogP contribution >= 0.6 is 11.3 Å². The molecule has 0 N–H and O–H groups in total. The van der Waals surface area contributed by atoms with Crippen molar-refractivity contribution in [3.8, 4) is 0 Å². The first kappa shape index (κ1) is 16.2. The lowest BCUT2D eigenvalue weighted by Crippen LogP contribution is -2.49. The van der Waals surface area contributed by atoms with E-state index in [2.05, 4.69) is 27.3 Å². The van der Waals surface area contributed by atoms with Crippen LogP contribution in [0.4, 0.5) is 0 Å². The minimum absolute atomic E-state index is 0.146. The second kappa shape index (κ2) is 7.77. The third kappa shape index (κ3) is 4.67. The molecule has 1 saturated heterocycles. The predicted molar refractivity (Wildman–Crippen MR) is 91.2 cm³/mol. The van der Waals surface area contributed by atoms with Gasteiger partial charge in [-0.15, -0.1) is 11.3 Å². The molecule has 3 rings (SSSR count). The lowest BCUT2D eigenvalue weighted by molar-refractivity contribution is -0.132. The fourth-order valence-electron chi connectivity index (χ4n) is 2.76. The minimum Gasteiger partial charge on any atom is -0.467 e. The Labute approximate surface area is 141 Å². The third-order valence-corrected chi connectivity index (χ3v) is 5.04. The lowest BCUT2D eigenvalue weighted by atomic mass is 10.3. The molecular weight excluding hydrogens is 310 g/mol. The Hall–Kier alpha value is -1.63. The van der Waals surface area contributed by atoms with Crippen molar-refractivity contribution >= 4 is 17.2 Å². The van der Waals surface area contributed by atoms with Crippen LogP contribution in [0.25, 0.3) is 0 Å². The first-order valence-corrected chi connectivity index (χ1v) is 8.82. The average molecular weight is 333 g/mol. The highest BCUT2D eigenvalue weighted by atomic mass is 32.1. The van der Waals surface area contributed by atoms with Crippen LogP contribution in [0, 0.1) is 0 Å². The fourth-order valence-corrected chi connectivity index (χ4v) is 3.51. The van der Waals surface area contributed by atoms with Gasteiger partial charge in [0.1, 0.15) is 5.76 Å². The van der Waals surface area contributed by atoms with Gasteiger partial charge >= 0.3 is 0 Å². The Morgan fingerprint density at radius 3 is 2.65 bits per heavy atom. The summed E-state index contributed by atoms with van der Waals surface area (Å²) < 4.78 is 5.30. The number of piperazine rings is 1. The van der Waals surface area contributed by atoms with Crippen LogP contribution in [-0.4, -0.2) is 60.4 Å². The van der Waals surface area contributed by atoms with Gasteiger partial charge < -0.3 is 9.32 Å².